The zero-order chi connectivity index (χ0) is 18.5. The molecule has 1 aliphatic rings. The maximum absolute atomic E-state index is 12.4. The summed E-state index contributed by atoms with van der Waals surface area (Å²) < 4.78 is 0. The van der Waals surface area contributed by atoms with Crippen molar-refractivity contribution in [2.45, 2.75) is 39.0 Å². The molecule has 28 heavy (non-hydrogen) atoms. The van der Waals surface area contributed by atoms with Crippen LogP contribution in [0.3, 0.4) is 0 Å². The summed E-state index contributed by atoms with van der Waals surface area (Å²) in [7, 11) is 0. The van der Waals surface area contributed by atoms with E-state index < -0.39 is 0 Å². The maximum atomic E-state index is 12.4. The summed E-state index contributed by atoms with van der Waals surface area (Å²) in [6.45, 7) is 5.19. The molecule has 0 atom stereocenters. The van der Waals surface area contributed by atoms with Crippen molar-refractivity contribution in [1.82, 2.24) is 10.2 Å². The Morgan fingerprint density at radius 3 is 2.36 bits per heavy atom. The number of amides is 1. The normalized spacial score (nSPS) is 14.6. The van der Waals surface area contributed by atoms with Gasteiger partial charge in [-0.25, -0.2) is 0 Å². The Hall–Kier alpha value is -1.79. The molecule has 1 fully saturated rings. The average Bonchev–Trinajstić information content (AvgIpc) is 2.65. The van der Waals surface area contributed by atoms with Gasteiger partial charge in [-0.2, -0.15) is 0 Å². The molecule has 1 amide bonds. The van der Waals surface area contributed by atoms with Crippen molar-refractivity contribution in [2.75, 3.05) is 18.8 Å². The van der Waals surface area contributed by atoms with E-state index in [-0.39, 0.29) is 36.8 Å². The first kappa shape index (κ1) is 24.2. The number of rotatable bonds is 5. The summed E-state index contributed by atoms with van der Waals surface area (Å²) in [4.78, 5) is 14.7. The van der Waals surface area contributed by atoms with Crippen LogP contribution in [0.1, 0.15) is 39.9 Å². The summed E-state index contributed by atoms with van der Waals surface area (Å²) in [5, 5.41) is 12.5. The molecular weight excluding hydrogens is 397 g/mol. The van der Waals surface area contributed by atoms with E-state index in [4.69, 9.17) is 5.73 Å². The Bertz CT molecular complexity index is 761. The van der Waals surface area contributed by atoms with Crippen LogP contribution in [-0.2, 0) is 13.1 Å². The van der Waals surface area contributed by atoms with Crippen molar-refractivity contribution in [3.8, 4) is 0 Å². The molecule has 0 aromatic heterocycles. The van der Waals surface area contributed by atoms with Gasteiger partial charge in [0.15, 0.2) is 0 Å². The van der Waals surface area contributed by atoms with Crippen LogP contribution in [0.4, 0.5) is 5.69 Å². The van der Waals surface area contributed by atoms with E-state index in [2.05, 4.69) is 34.5 Å². The Labute approximate surface area is 179 Å². The number of aliphatic hydroxyl groups excluding tert-OH is 1. The molecule has 1 saturated heterocycles. The summed E-state index contributed by atoms with van der Waals surface area (Å²) >= 11 is 0. The lowest BCUT2D eigenvalue weighted by molar-refractivity contribution is 0.0792. The van der Waals surface area contributed by atoms with Crippen LogP contribution in [0, 0.1) is 6.92 Å². The number of aliphatic hydroxyl groups is 1. The number of aryl methyl sites for hydroxylation is 1. The zero-order valence-electron chi connectivity index (χ0n) is 16.1. The SMILES string of the molecule is Cc1ccc(N)cc1C(=O)NCc1ccc(CN2CCC(O)CC2)cc1.Cl.Cl. The largest absolute Gasteiger partial charge is 0.399 e. The number of hydrogen-bond acceptors (Lipinski definition) is 4. The second-order valence-electron chi connectivity index (χ2n) is 7.08. The number of likely N-dealkylation sites (tertiary alicyclic amines) is 1. The fourth-order valence-electron chi connectivity index (χ4n) is 3.26. The van der Waals surface area contributed by atoms with Crippen molar-refractivity contribution < 1.29 is 9.90 Å². The van der Waals surface area contributed by atoms with E-state index in [0.29, 0.717) is 17.8 Å². The third kappa shape index (κ3) is 6.67. The third-order valence-corrected chi connectivity index (χ3v) is 4.95. The van der Waals surface area contributed by atoms with Gasteiger partial charge < -0.3 is 16.2 Å². The van der Waals surface area contributed by atoms with Gasteiger partial charge in [-0.3, -0.25) is 9.69 Å². The van der Waals surface area contributed by atoms with Gasteiger partial charge in [0.2, 0.25) is 0 Å². The van der Waals surface area contributed by atoms with Gasteiger partial charge in [0.1, 0.15) is 0 Å². The number of piperidine rings is 1. The minimum absolute atomic E-state index is 0. The molecule has 0 radical (unpaired) electrons. The van der Waals surface area contributed by atoms with Crippen LogP contribution < -0.4 is 11.1 Å². The van der Waals surface area contributed by atoms with Crippen LogP contribution >= 0.6 is 24.8 Å². The highest BCUT2D eigenvalue weighted by atomic mass is 35.5. The first-order valence-electron chi connectivity index (χ1n) is 9.14. The molecule has 0 bridgehead atoms. The van der Waals surface area contributed by atoms with Gasteiger partial charge >= 0.3 is 0 Å². The number of halogens is 2. The summed E-state index contributed by atoms with van der Waals surface area (Å²) in [5.74, 6) is -0.106. The van der Waals surface area contributed by atoms with Crippen molar-refractivity contribution >= 4 is 36.4 Å². The molecule has 4 N–H and O–H groups in total. The number of anilines is 1. The van der Waals surface area contributed by atoms with E-state index in [1.54, 1.807) is 12.1 Å². The minimum Gasteiger partial charge on any atom is -0.399 e. The second kappa shape index (κ2) is 11.3. The van der Waals surface area contributed by atoms with Gasteiger partial charge in [0.25, 0.3) is 5.91 Å². The predicted molar refractivity (Wildman–Crippen MR) is 118 cm³/mol. The number of hydrogen-bond donors (Lipinski definition) is 3. The molecule has 2 aromatic rings. The van der Waals surface area contributed by atoms with Crippen molar-refractivity contribution in [3.63, 3.8) is 0 Å². The molecule has 5 nitrogen and oxygen atoms in total. The number of carbonyl (C=O) groups is 1. The van der Waals surface area contributed by atoms with Crippen LogP contribution in [0.2, 0.25) is 0 Å². The molecule has 3 rings (SSSR count). The van der Waals surface area contributed by atoms with Crippen LogP contribution in [0.5, 0.6) is 0 Å². The van der Waals surface area contributed by atoms with Gasteiger partial charge in [0.05, 0.1) is 6.10 Å². The molecule has 0 spiro atoms. The van der Waals surface area contributed by atoms with Crippen molar-refractivity contribution in [2.24, 2.45) is 0 Å². The van der Waals surface area contributed by atoms with Crippen LogP contribution in [0.25, 0.3) is 0 Å². The van der Waals surface area contributed by atoms with Crippen molar-refractivity contribution in [3.05, 3.63) is 64.7 Å². The van der Waals surface area contributed by atoms with Gasteiger partial charge in [-0.05, 0) is 48.6 Å². The number of nitrogens with one attached hydrogen (secondary N) is 1. The highest BCUT2D eigenvalue weighted by molar-refractivity contribution is 5.96. The van der Waals surface area contributed by atoms with Crippen LogP contribution in [-0.4, -0.2) is 35.1 Å². The average molecular weight is 426 g/mol. The molecule has 0 unspecified atom stereocenters. The fourth-order valence-corrected chi connectivity index (χ4v) is 3.26. The van der Waals surface area contributed by atoms with E-state index in [1.807, 2.05) is 13.0 Å². The number of carbonyl (C=O) groups excluding carboxylic acids is 1. The number of nitrogens with two attached hydrogens (primary N) is 1. The Morgan fingerprint density at radius 1 is 1.11 bits per heavy atom. The quantitative estimate of drug-likeness (QED) is 0.641. The topological polar surface area (TPSA) is 78.6 Å². The number of nitrogens with zero attached hydrogens (tertiary/aromatic N) is 1. The minimum atomic E-state index is -0.138. The Balaban J connectivity index is 0.00000196. The Kier molecular flexibility index (Phi) is 9.76. The Morgan fingerprint density at radius 2 is 1.71 bits per heavy atom. The molecular formula is C21H29Cl2N3O2. The zero-order valence-corrected chi connectivity index (χ0v) is 17.7. The number of nitrogen functional groups attached to an aromatic ring is 1. The summed E-state index contributed by atoms with van der Waals surface area (Å²) in [6.07, 6.45) is 1.57. The maximum Gasteiger partial charge on any atom is 0.251 e. The molecule has 2 aromatic carbocycles. The number of benzene rings is 2. The second-order valence-corrected chi connectivity index (χ2v) is 7.08. The molecule has 1 heterocycles. The molecule has 1 aliphatic heterocycles. The van der Waals surface area contributed by atoms with E-state index in [0.717, 1.165) is 43.6 Å². The standard InChI is InChI=1S/C21H27N3O2.2ClH/c1-15-2-7-18(22)12-20(15)21(26)23-13-16-3-5-17(6-4-16)14-24-10-8-19(25)9-11-24;;/h2-7,12,19,25H,8-11,13-14,22H2,1H3,(H,23,26);2*1H. The summed E-state index contributed by atoms with van der Waals surface area (Å²) in [5.41, 5.74) is 10.2. The smallest absolute Gasteiger partial charge is 0.251 e. The lowest BCUT2D eigenvalue weighted by atomic mass is 10.1. The molecule has 0 aliphatic carbocycles. The van der Waals surface area contributed by atoms with Crippen LogP contribution in [0.15, 0.2) is 42.5 Å². The third-order valence-electron chi connectivity index (χ3n) is 4.95. The highest BCUT2D eigenvalue weighted by Crippen LogP contribution is 2.15. The van der Waals surface area contributed by atoms with E-state index in [9.17, 15) is 9.90 Å². The predicted octanol–water partition coefficient (Wildman–Crippen LogP) is 3.31. The highest BCUT2D eigenvalue weighted by Gasteiger charge is 2.16. The van der Waals surface area contributed by atoms with Gasteiger partial charge in [0, 0.05) is 37.4 Å². The van der Waals surface area contributed by atoms with E-state index in [1.165, 1.54) is 5.56 Å². The first-order valence-corrected chi connectivity index (χ1v) is 9.14. The molecule has 154 valence electrons. The van der Waals surface area contributed by atoms with Gasteiger partial charge in [-0.15, -0.1) is 24.8 Å². The summed E-state index contributed by atoms with van der Waals surface area (Å²) in [6, 6.07) is 13.7. The molecule has 7 heteroatoms. The lowest BCUT2D eigenvalue weighted by Gasteiger charge is -2.29. The van der Waals surface area contributed by atoms with Crippen molar-refractivity contribution in [1.29, 1.82) is 0 Å². The van der Waals surface area contributed by atoms with E-state index >= 15 is 0 Å². The first-order chi connectivity index (χ1) is 12.5. The molecule has 0 saturated carbocycles. The lowest BCUT2D eigenvalue weighted by Crippen LogP contribution is -2.35. The fraction of sp³-hybridized carbons (Fsp3) is 0.381. The van der Waals surface area contributed by atoms with Gasteiger partial charge in [-0.1, -0.05) is 30.3 Å². The monoisotopic (exact) mass is 425 g/mol.